The Balaban J connectivity index is 0.00000600. The summed E-state index contributed by atoms with van der Waals surface area (Å²) in [6, 6.07) is 9.32. The fourth-order valence-electron chi connectivity index (χ4n) is 6.51. The van der Waals surface area contributed by atoms with Gasteiger partial charge in [0.15, 0.2) is 0 Å². The molecule has 56 heavy (non-hydrogen) atoms. The molecule has 2 fully saturated rings. The summed E-state index contributed by atoms with van der Waals surface area (Å²) >= 11 is 0. The molecule has 4 N–H and O–H groups in total. The number of H-pyrrole nitrogens is 1. The summed E-state index contributed by atoms with van der Waals surface area (Å²) < 4.78 is 23.7. The summed E-state index contributed by atoms with van der Waals surface area (Å²) in [5.41, 5.74) is 9.18. The molecule has 18 heteroatoms. The van der Waals surface area contributed by atoms with Crippen LogP contribution in [0.1, 0.15) is 43.7 Å². The Labute approximate surface area is 334 Å². The van der Waals surface area contributed by atoms with Crippen LogP contribution in [0.4, 0.5) is 17.8 Å². The van der Waals surface area contributed by atoms with Crippen molar-refractivity contribution in [1.82, 2.24) is 39.8 Å². The van der Waals surface area contributed by atoms with E-state index in [4.69, 9.17) is 46.1 Å². The van der Waals surface area contributed by atoms with E-state index in [2.05, 4.69) is 62.3 Å². The Morgan fingerprint density at radius 2 is 1.66 bits per heavy atom. The Hall–Kier alpha value is -4.57. The van der Waals surface area contributed by atoms with Gasteiger partial charge >= 0.3 is 0 Å². The number of nitrogens with zero attached hydrogens (tertiary/aromatic N) is 9. The van der Waals surface area contributed by atoms with E-state index in [1.807, 2.05) is 29.3 Å². The van der Waals surface area contributed by atoms with Crippen LogP contribution in [0.25, 0.3) is 10.9 Å². The highest BCUT2D eigenvalue weighted by atomic mass is 35.5. The highest BCUT2D eigenvalue weighted by Gasteiger charge is 2.32. The van der Waals surface area contributed by atoms with E-state index >= 15 is 0 Å². The lowest BCUT2D eigenvalue weighted by atomic mass is 9.98. The lowest BCUT2D eigenvalue weighted by Gasteiger charge is -2.36. The maximum absolute atomic E-state index is 14.4. The topological polar surface area (TPSA) is 187 Å². The van der Waals surface area contributed by atoms with Crippen LogP contribution in [-0.2, 0) is 30.2 Å². The number of benzene rings is 1. The first kappa shape index (κ1) is 42.6. The largest absolute Gasteiger partial charge is 0.378 e. The van der Waals surface area contributed by atoms with Crippen LogP contribution in [0, 0.1) is 18.3 Å². The second-order valence-electron chi connectivity index (χ2n) is 13.7. The van der Waals surface area contributed by atoms with Crippen molar-refractivity contribution >= 4 is 47.1 Å². The number of carbonyl (C=O) groups is 1. The molecular weight excluding hydrogens is 740 g/mol. The van der Waals surface area contributed by atoms with Crippen molar-refractivity contribution in [1.29, 1.82) is 0 Å². The fourth-order valence-corrected chi connectivity index (χ4v) is 6.51. The van der Waals surface area contributed by atoms with Crippen LogP contribution < -0.4 is 20.9 Å². The lowest BCUT2D eigenvalue weighted by molar-refractivity contribution is -0.135. The van der Waals surface area contributed by atoms with Crippen LogP contribution >= 0.6 is 12.4 Å². The van der Waals surface area contributed by atoms with Crippen LogP contribution in [0.2, 0.25) is 0 Å². The number of amides is 1. The van der Waals surface area contributed by atoms with Gasteiger partial charge in [0.1, 0.15) is 12.6 Å². The maximum Gasteiger partial charge on any atom is 0.248 e. The van der Waals surface area contributed by atoms with Crippen molar-refractivity contribution in [2.75, 3.05) is 114 Å². The molecule has 0 radical (unpaired) electrons. The molecule has 3 aromatic heterocycles. The Bertz CT molecular complexity index is 1810. The van der Waals surface area contributed by atoms with E-state index in [-0.39, 0.29) is 36.9 Å². The van der Waals surface area contributed by atoms with Crippen molar-refractivity contribution in [2.45, 2.75) is 38.8 Å². The molecule has 0 saturated carbocycles. The fraction of sp³-hybridized carbons (Fsp3) is 0.579. The molecule has 2 saturated heterocycles. The van der Waals surface area contributed by atoms with Crippen LogP contribution in [0.3, 0.4) is 0 Å². The van der Waals surface area contributed by atoms with Gasteiger partial charge in [-0.25, -0.2) is 4.68 Å². The van der Waals surface area contributed by atoms with Gasteiger partial charge in [-0.05, 0) is 23.4 Å². The van der Waals surface area contributed by atoms with Gasteiger partial charge in [0.05, 0.1) is 64.2 Å². The summed E-state index contributed by atoms with van der Waals surface area (Å²) in [6.45, 7) is 11.9. The first-order valence-corrected chi connectivity index (χ1v) is 19.2. The summed E-state index contributed by atoms with van der Waals surface area (Å²) in [7, 11) is 0. The molecule has 0 aliphatic carbocycles. The van der Waals surface area contributed by atoms with Gasteiger partial charge in [-0.2, -0.15) is 15.0 Å². The number of fused-ring (bicyclic) bond motifs is 1. The minimum Gasteiger partial charge on any atom is -0.378 e. The third-order valence-electron chi connectivity index (χ3n) is 9.97. The molecule has 2 aliphatic heterocycles. The number of halogens is 1. The highest BCUT2D eigenvalue weighted by molar-refractivity contribution is 5.85. The molecule has 6 rings (SSSR count). The van der Waals surface area contributed by atoms with Gasteiger partial charge in [-0.3, -0.25) is 4.79 Å². The second-order valence-corrected chi connectivity index (χ2v) is 13.7. The number of hydrogen-bond donors (Lipinski definition) is 3. The molecule has 304 valence electrons. The van der Waals surface area contributed by atoms with E-state index in [0.717, 1.165) is 23.0 Å². The number of anilines is 3. The quantitative estimate of drug-likeness (QED) is 0.0875. The maximum atomic E-state index is 14.4. The summed E-state index contributed by atoms with van der Waals surface area (Å²) in [4.78, 5) is 38.4. The lowest BCUT2D eigenvalue weighted by Crippen LogP contribution is -2.51. The van der Waals surface area contributed by atoms with E-state index in [9.17, 15) is 4.79 Å². The normalized spacial score (nSPS) is 16.3. The molecule has 0 bridgehead atoms. The predicted octanol–water partition coefficient (Wildman–Crippen LogP) is 2.48. The number of piperazine rings is 1. The number of aromatic nitrogens is 7. The van der Waals surface area contributed by atoms with Crippen molar-refractivity contribution in [3.8, 4) is 12.3 Å². The van der Waals surface area contributed by atoms with Gasteiger partial charge in [-0.1, -0.05) is 49.6 Å². The minimum absolute atomic E-state index is 0. The zero-order valence-electron chi connectivity index (χ0n) is 32.3. The number of terminal acetylenes is 1. The molecule has 1 amide bonds. The molecular formula is C38H55ClN12O5. The molecule has 2 aliphatic rings. The number of carbonyl (C=O) groups excluding carboxylic acids is 1. The Kier molecular flexibility index (Phi) is 16.5. The van der Waals surface area contributed by atoms with Crippen LogP contribution in [-0.4, -0.2) is 144 Å². The monoisotopic (exact) mass is 794 g/mol. The second kappa shape index (κ2) is 21.7. The van der Waals surface area contributed by atoms with Crippen molar-refractivity contribution in [3.05, 3.63) is 47.9 Å². The van der Waals surface area contributed by atoms with E-state index < -0.39 is 6.04 Å². The third kappa shape index (κ3) is 11.5. The molecule has 0 spiro atoms. The zero-order chi connectivity index (χ0) is 38.4. The number of nitrogens with two attached hydrogens (primary N) is 1. The standard InChI is InChI=1S/C38H54N12O5.ClH/c1-4-17-52-21-23-55-24-22-53-18-10-40-36-42-37(44-38(43-36)49-15-19-54-20-16-49)48-13-11-47(12-14-48)35(51)33(26-30-25-29-8-6-7-9-31(29)41-30)50-27-32(45-46-50)34(39)28(3)5-2;/h1,6-9,25,27-28,33-34,41H,5,10-24,26,39H2,2-3H3,(H,40,42,43,44);1H/t28?,33-,34-;/m0./s1. The first-order chi connectivity index (χ1) is 26.9. The van der Waals surface area contributed by atoms with Gasteiger partial charge in [0.2, 0.25) is 23.8 Å². The molecule has 17 nitrogen and oxygen atoms in total. The molecule has 1 unspecified atom stereocenters. The summed E-state index contributed by atoms with van der Waals surface area (Å²) in [5.74, 6) is 4.24. The molecule has 1 aromatic carbocycles. The Morgan fingerprint density at radius 1 is 0.982 bits per heavy atom. The van der Waals surface area contributed by atoms with Gasteiger partial charge in [0.25, 0.3) is 0 Å². The number of nitrogens with one attached hydrogen (secondary N) is 2. The van der Waals surface area contributed by atoms with Crippen molar-refractivity contribution in [3.63, 3.8) is 0 Å². The van der Waals surface area contributed by atoms with Crippen molar-refractivity contribution < 1.29 is 23.7 Å². The molecule has 5 heterocycles. The SMILES string of the molecule is C#CCOCCOCCOCCNc1nc(N2CCOCC2)nc(N2CCN(C(=O)[C@H](Cc3cc4ccccc4[nH]3)n3cc([C@@H](N)C(C)CC)nn3)CC2)n1.Cl. The van der Waals surface area contributed by atoms with Gasteiger partial charge in [-0.15, -0.1) is 23.9 Å². The molecule has 3 atom stereocenters. The number of morpholine rings is 1. The third-order valence-corrected chi connectivity index (χ3v) is 9.97. The first-order valence-electron chi connectivity index (χ1n) is 19.2. The van der Waals surface area contributed by atoms with E-state index in [1.165, 1.54) is 0 Å². The average Bonchev–Trinajstić information content (AvgIpc) is 3.89. The van der Waals surface area contributed by atoms with E-state index in [0.29, 0.717) is 122 Å². The van der Waals surface area contributed by atoms with E-state index in [1.54, 1.807) is 4.68 Å². The van der Waals surface area contributed by atoms with Crippen LogP contribution in [0.5, 0.6) is 0 Å². The highest BCUT2D eigenvalue weighted by Crippen LogP contribution is 2.26. The van der Waals surface area contributed by atoms with Crippen LogP contribution in [0.15, 0.2) is 36.5 Å². The zero-order valence-corrected chi connectivity index (χ0v) is 33.2. The number of hydrogen-bond acceptors (Lipinski definition) is 14. The Morgan fingerprint density at radius 3 is 2.36 bits per heavy atom. The van der Waals surface area contributed by atoms with Gasteiger partial charge in [0, 0.05) is 63.4 Å². The van der Waals surface area contributed by atoms with Gasteiger partial charge < -0.3 is 49.7 Å². The number of ether oxygens (including phenoxy) is 4. The summed E-state index contributed by atoms with van der Waals surface area (Å²) in [6.07, 6.45) is 8.36. The minimum atomic E-state index is -0.604. The smallest absolute Gasteiger partial charge is 0.248 e. The van der Waals surface area contributed by atoms with Crippen molar-refractivity contribution in [2.24, 2.45) is 11.7 Å². The number of para-hydroxylation sites is 1. The number of aromatic amines is 1. The average molecular weight is 795 g/mol. The molecule has 4 aromatic rings. The number of rotatable bonds is 20. The summed E-state index contributed by atoms with van der Waals surface area (Å²) in [5, 5.41) is 13.3. The predicted molar refractivity (Wildman–Crippen MR) is 216 cm³/mol.